The number of carbonyl (C=O) groups excluding carboxylic acids is 1. The van der Waals surface area contributed by atoms with E-state index in [2.05, 4.69) is 36.8 Å². The highest BCUT2D eigenvalue weighted by atomic mass is 79.9. The number of rotatable bonds is 5. The minimum atomic E-state index is -0.400. The van der Waals surface area contributed by atoms with Gasteiger partial charge in [-0.05, 0) is 18.6 Å². The molecule has 9 heteroatoms. The molecule has 0 saturated carbocycles. The van der Waals surface area contributed by atoms with Crippen molar-refractivity contribution in [3.8, 4) is 0 Å². The van der Waals surface area contributed by atoms with E-state index in [0.29, 0.717) is 20.9 Å². The molecule has 21 heavy (non-hydrogen) atoms. The lowest BCUT2D eigenvalue weighted by Gasteiger charge is -2.08. The summed E-state index contributed by atoms with van der Waals surface area (Å²) >= 11 is 16.6. The number of benzene rings is 1. The molecule has 0 radical (unpaired) electrons. The van der Waals surface area contributed by atoms with Crippen LogP contribution in [0.15, 0.2) is 16.6 Å². The maximum atomic E-state index is 12.1. The molecule has 0 atom stereocenters. The van der Waals surface area contributed by atoms with Crippen LogP contribution in [-0.4, -0.2) is 22.6 Å². The molecule has 0 aliphatic heterocycles. The molecular formula is C12H11BrCl2N4OS. The Hall–Kier alpha value is -0.890. The molecule has 1 heterocycles. The Morgan fingerprint density at radius 3 is 2.62 bits per heavy atom. The highest BCUT2D eigenvalue weighted by Crippen LogP contribution is 2.34. The summed E-state index contributed by atoms with van der Waals surface area (Å²) in [6.45, 7) is 2.82. The second-order valence-electron chi connectivity index (χ2n) is 4.04. The third kappa shape index (κ3) is 4.29. The molecule has 0 fully saturated rings. The Morgan fingerprint density at radius 1 is 1.33 bits per heavy atom. The number of anilines is 2. The van der Waals surface area contributed by atoms with Gasteiger partial charge in [0.2, 0.25) is 10.1 Å². The minimum Gasteiger partial charge on any atom is -0.360 e. The van der Waals surface area contributed by atoms with Crippen molar-refractivity contribution >= 4 is 67.2 Å². The average Bonchev–Trinajstić information content (AvgIpc) is 2.89. The highest BCUT2D eigenvalue weighted by Gasteiger charge is 2.16. The van der Waals surface area contributed by atoms with Crippen molar-refractivity contribution in [3.63, 3.8) is 0 Å². The van der Waals surface area contributed by atoms with Crippen LogP contribution in [0.25, 0.3) is 0 Å². The van der Waals surface area contributed by atoms with Gasteiger partial charge in [-0.3, -0.25) is 4.79 Å². The van der Waals surface area contributed by atoms with E-state index < -0.39 is 5.91 Å². The summed E-state index contributed by atoms with van der Waals surface area (Å²) in [5.41, 5.74) is 0.352. The van der Waals surface area contributed by atoms with Crippen molar-refractivity contribution in [2.24, 2.45) is 0 Å². The van der Waals surface area contributed by atoms with Crippen LogP contribution in [0, 0.1) is 0 Å². The summed E-state index contributed by atoms with van der Waals surface area (Å²) in [4.78, 5) is 12.1. The van der Waals surface area contributed by atoms with Crippen LogP contribution in [0.2, 0.25) is 10.0 Å². The summed E-state index contributed by atoms with van der Waals surface area (Å²) in [6.07, 6.45) is 0.964. The van der Waals surface area contributed by atoms with E-state index >= 15 is 0 Å². The van der Waals surface area contributed by atoms with Crippen LogP contribution in [0.1, 0.15) is 23.1 Å². The number of aromatic nitrogens is 2. The number of nitrogens with one attached hydrogen (secondary N) is 2. The van der Waals surface area contributed by atoms with Crippen molar-refractivity contribution in [3.05, 3.63) is 31.7 Å². The molecule has 0 saturated heterocycles. The molecule has 1 aromatic heterocycles. The monoisotopic (exact) mass is 408 g/mol. The molecule has 0 aliphatic rings. The lowest BCUT2D eigenvalue weighted by atomic mass is 10.3. The van der Waals surface area contributed by atoms with Gasteiger partial charge in [0.25, 0.3) is 5.91 Å². The summed E-state index contributed by atoms with van der Waals surface area (Å²) in [6, 6.07) is 3.30. The summed E-state index contributed by atoms with van der Waals surface area (Å²) in [5, 5.41) is 15.0. The smallest absolute Gasteiger partial charge is 0.286 e. The SMILES string of the molecule is CCCNc1nnc(C(=O)Nc2c(Cl)cc(Br)cc2Cl)s1. The number of halogens is 3. The fourth-order valence-electron chi connectivity index (χ4n) is 1.45. The third-order valence-electron chi connectivity index (χ3n) is 2.39. The fraction of sp³-hybridized carbons (Fsp3) is 0.250. The van der Waals surface area contributed by atoms with Gasteiger partial charge in [-0.25, -0.2) is 0 Å². The number of carbonyl (C=O) groups is 1. The molecule has 2 aromatic rings. The van der Waals surface area contributed by atoms with Gasteiger partial charge >= 0.3 is 0 Å². The Kier molecular flexibility index (Phi) is 5.80. The quantitative estimate of drug-likeness (QED) is 0.752. The minimum absolute atomic E-state index is 0.239. The standard InChI is InChI=1S/C12H11BrCl2N4OS/c1-2-3-16-12-19-18-11(21-12)10(20)17-9-7(14)4-6(13)5-8(9)15/h4-5H,2-3H2,1H3,(H,16,19)(H,17,20). The van der Waals surface area contributed by atoms with Crippen molar-refractivity contribution in [1.82, 2.24) is 10.2 Å². The maximum Gasteiger partial charge on any atom is 0.286 e. The zero-order valence-electron chi connectivity index (χ0n) is 10.9. The lowest BCUT2D eigenvalue weighted by molar-refractivity contribution is 0.102. The van der Waals surface area contributed by atoms with Crippen LogP contribution in [-0.2, 0) is 0 Å². The average molecular weight is 410 g/mol. The first-order valence-electron chi connectivity index (χ1n) is 6.04. The van der Waals surface area contributed by atoms with Gasteiger partial charge in [-0.15, -0.1) is 10.2 Å². The van der Waals surface area contributed by atoms with Gasteiger partial charge in [0.15, 0.2) is 0 Å². The molecule has 0 aliphatic carbocycles. The van der Waals surface area contributed by atoms with Crippen LogP contribution < -0.4 is 10.6 Å². The van der Waals surface area contributed by atoms with Gasteiger partial charge in [0.05, 0.1) is 15.7 Å². The number of nitrogens with zero attached hydrogens (tertiary/aromatic N) is 2. The number of hydrogen-bond acceptors (Lipinski definition) is 5. The van der Waals surface area contributed by atoms with E-state index in [1.807, 2.05) is 6.92 Å². The zero-order chi connectivity index (χ0) is 15.4. The van der Waals surface area contributed by atoms with E-state index in [9.17, 15) is 4.79 Å². The predicted molar refractivity (Wildman–Crippen MR) is 90.8 cm³/mol. The van der Waals surface area contributed by atoms with Gasteiger partial charge in [-0.1, -0.05) is 57.4 Å². The van der Waals surface area contributed by atoms with Crippen molar-refractivity contribution in [1.29, 1.82) is 0 Å². The van der Waals surface area contributed by atoms with E-state index in [-0.39, 0.29) is 5.01 Å². The molecule has 1 amide bonds. The van der Waals surface area contributed by atoms with E-state index in [4.69, 9.17) is 23.2 Å². The first kappa shape index (κ1) is 16.5. The summed E-state index contributed by atoms with van der Waals surface area (Å²) in [7, 11) is 0. The van der Waals surface area contributed by atoms with Gasteiger partial charge in [-0.2, -0.15) is 0 Å². The summed E-state index contributed by atoms with van der Waals surface area (Å²) < 4.78 is 0.734. The molecule has 2 rings (SSSR count). The second kappa shape index (κ2) is 7.40. The number of amides is 1. The van der Waals surface area contributed by atoms with Gasteiger partial charge in [0.1, 0.15) is 0 Å². The Bertz CT molecular complexity index is 641. The predicted octanol–water partition coefficient (Wildman–Crippen LogP) is 4.68. The maximum absolute atomic E-state index is 12.1. The molecular weight excluding hydrogens is 399 g/mol. The molecule has 112 valence electrons. The topological polar surface area (TPSA) is 66.9 Å². The fourth-order valence-corrected chi connectivity index (χ4v) is 3.41. The molecule has 2 N–H and O–H groups in total. The summed E-state index contributed by atoms with van der Waals surface area (Å²) in [5.74, 6) is -0.400. The van der Waals surface area contributed by atoms with Crippen molar-refractivity contribution in [2.75, 3.05) is 17.2 Å². The molecule has 0 unspecified atom stereocenters. The van der Waals surface area contributed by atoms with E-state index in [0.717, 1.165) is 17.4 Å². The highest BCUT2D eigenvalue weighted by molar-refractivity contribution is 9.10. The molecule has 0 spiro atoms. The van der Waals surface area contributed by atoms with Crippen molar-refractivity contribution in [2.45, 2.75) is 13.3 Å². The first-order chi connectivity index (χ1) is 10.0. The van der Waals surface area contributed by atoms with Gasteiger partial charge in [0, 0.05) is 11.0 Å². The normalized spacial score (nSPS) is 10.5. The van der Waals surface area contributed by atoms with Crippen LogP contribution in [0.5, 0.6) is 0 Å². The largest absolute Gasteiger partial charge is 0.360 e. The van der Waals surface area contributed by atoms with Gasteiger partial charge < -0.3 is 10.6 Å². The van der Waals surface area contributed by atoms with Crippen LogP contribution in [0.3, 0.4) is 0 Å². The molecule has 1 aromatic carbocycles. The Labute approximate surface area is 144 Å². The van der Waals surface area contributed by atoms with Crippen LogP contribution >= 0.6 is 50.5 Å². The first-order valence-corrected chi connectivity index (χ1v) is 8.41. The van der Waals surface area contributed by atoms with Crippen molar-refractivity contribution < 1.29 is 4.79 Å². The number of hydrogen-bond donors (Lipinski definition) is 2. The Morgan fingerprint density at radius 2 is 2.00 bits per heavy atom. The Balaban J connectivity index is 2.13. The van der Waals surface area contributed by atoms with E-state index in [1.165, 1.54) is 11.3 Å². The zero-order valence-corrected chi connectivity index (χ0v) is 14.8. The third-order valence-corrected chi connectivity index (χ3v) is 4.32. The molecule has 5 nitrogen and oxygen atoms in total. The van der Waals surface area contributed by atoms with E-state index in [1.54, 1.807) is 12.1 Å². The molecule has 0 bridgehead atoms. The lowest BCUT2D eigenvalue weighted by Crippen LogP contribution is -2.12. The second-order valence-corrected chi connectivity index (χ2v) is 6.75. The van der Waals surface area contributed by atoms with Crippen LogP contribution in [0.4, 0.5) is 10.8 Å².